The molecule has 2 aromatic rings. The van der Waals surface area contributed by atoms with Gasteiger partial charge in [-0.2, -0.15) is 0 Å². The molecule has 0 heterocycles. The number of rotatable bonds is 3. The number of nitrogen functional groups attached to an aromatic ring is 1. The fourth-order valence-electron chi connectivity index (χ4n) is 1.50. The molecule has 94 valence electrons. The molecule has 1 unspecified atom stereocenters. The Morgan fingerprint density at radius 1 is 1.17 bits per heavy atom. The number of nitrogens with two attached hydrogens (primary N) is 1. The Labute approximate surface area is 122 Å². The normalized spacial score (nSPS) is 12.3. The third-order valence-corrected chi connectivity index (χ3v) is 4.80. The van der Waals surface area contributed by atoms with Crippen LogP contribution in [0.3, 0.4) is 0 Å². The van der Waals surface area contributed by atoms with Crippen molar-refractivity contribution >= 4 is 44.0 Å². The van der Waals surface area contributed by atoms with E-state index in [1.54, 1.807) is 24.3 Å². The first kappa shape index (κ1) is 13.6. The predicted molar refractivity (Wildman–Crippen MR) is 80.1 cm³/mol. The third kappa shape index (κ3) is 3.34. The maximum atomic E-state index is 12.1. The first-order valence-corrected chi connectivity index (χ1v) is 7.73. The van der Waals surface area contributed by atoms with E-state index >= 15 is 0 Å². The summed E-state index contributed by atoms with van der Waals surface area (Å²) < 4.78 is 13.0. The number of hydrogen-bond donors (Lipinski definition) is 1. The van der Waals surface area contributed by atoms with Crippen LogP contribution in [-0.4, -0.2) is 4.21 Å². The van der Waals surface area contributed by atoms with E-state index in [0.717, 1.165) is 14.9 Å². The van der Waals surface area contributed by atoms with Crippen LogP contribution in [-0.2, 0) is 16.6 Å². The van der Waals surface area contributed by atoms with E-state index in [4.69, 9.17) is 17.3 Å². The summed E-state index contributed by atoms with van der Waals surface area (Å²) in [5.74, 6) is 0.444. The average Bonchev–Trinajstić information content (AvgIpc) is 2.34. The number of anilines is 1. The lowest BCUT2D eigenvalue weighted by Crippen LogP contribution is -1.97. The summed E-state index contributed by atoms with van der Waals surface area (Å²) >= 11 is 9.13. The van der Waals surface area contributed by atoms with Crippen molar-refractivity contribution in [1.82, 2.24) is 0 Å². The standard InChI is InChI=1S/C13H11BrClNOS/c14-12-6-1-9(7-13(12)16)8-18(17)11-4-2-10(15)3-5-11/h1-7H,8,16H2. The highest BCUT2D eigenvalue weighted by Crippen LogP contribution is 2.22. The minimum Gasteiger partial charge on any atom is -0.398 e. The topological polar surface area (TPSA) is 43.1 Å². The van der Waals surface area contributed by atoms with Gasteiger partial charge in [-0.25, -0.2) is 0 Å². The molecular weight excluding hydrogens is 334 g/mol. The fourth-order valence-corrected chi connectivity index (χ4v) is 2.97. The quantitative estimate of drug-likeness (QED) is 0.855. The number of halogens is 2. The Morgan fingerprint density at radius 3 is 2.44 bits per heavy atom. The fraction of sp³-hybridized carbons (Fsp3) is 0.0769. The van der Waals surface area contributed by atoms with E-state index in [0.29, 0.717) is 16.5 Å². The molecule has 0 fully saturated rings. The summed E-state index contributed by atoms with van der Waals surface area (Å²) in [6.45, 7) is 0. The summed E-state index contributed by atoms with van der Waals surface area (Å²) in [6.07, 6.45) is 0. The van der Waals surface area contributed by atoms with Crippen molar-refractivity contribution in [3.8, 4) is 0 Å². The molecule has 0 bridgehead atoms. The second-order valence-corrected chi connectivity index (χ2v) is 6.54. The molecule has 2 nitrogen and oxygen atoms in total. The van der Waals surface area contributed by atoms with Crippen molar-refractivity contribution < 1.29 is 4.21 Å². The smallest absolute Gasteiger partial charge is 0.0574 e. The van der Waals surface area contributed by atoms with Crippen molar-refractivity contribution in [2.45, 2.75) is 10.6 Å². The van der Waals surface area contributed by atoms with E-state index in [1.165, 1.54) is 0 Å². The van der Waals surface area contributed by atoms with Crippen LogP contribution in [0.25, 0.3) is 0 Å². The zero-order valence-electron chi connectivity index (χ0n) is 9.40. The van der Waals surface area contributed by atoms with Crippen molar-refractivity contribution in [3.63, 3.8) is 0 Å². The molecule has 0 aliphatic carbocycles. The van der Waals surface area contributed by atoms with Crippen molar-refractivity contribution in [2.75, 3.05) is 5.73 Å². The van der Waals surface area contributed by atoms with Gasteiger partial charge >= 0.3 is 0 Å². The van der Waals surface area contributed by atoms with Gasteiger partial charge in [-0.05, 0) is 57.9 Å². The molecule has 0 aliphatic rings. The van der Waals surface area contributed by atoms with E-state index in [1.807, 2.05) is 18.2 Å². The Hall–Kier alpha value is -0.840. The molecule has 1 atom stereocenters. The molecule has 5 heteroatoms. The molecular formula is C13H11BrClNOS. The van der Waals surface area contributed by atoms with Gasteiger partial charge in [-0.15, -0.1) is 0 Å². The highest BCUT2D eigenvalue weighted by Gasteiger charge is 2.06. The zero-order chi connectivity index (χ0) is 13.1. The Bertz CT molecular complexity index is 586. The number of benzene rings is 2. The van der Waals surface area contributed by atoms with Gasteiger partial charge in [-0.3, -0.25) is 4.21 Å². The predicted octanol–water partition coefficient (Wildman–Crippen LogP) is 3.99. The zero-order valence-corrected chi connectivity index (χ0v) is 12.6. The van der Waals surface area contributed by atoms with Gasteiger partial charge in [0.15, 0.2) is 0 Å². The molecule has 0 spiro atoms. The maximum Gasteiger partial charge on any atom is 0.0574 e. The lowest BCUT2D eigenvalue weighted by Gasteiger charge is -2.05. The van der Waals surface area contributed by atoms with E-state index in [9.17, 15) is 4.21 Å². The molecule has 2 aromatic carbocycles. The molecule has 0 aromatic heterocycles. The Kier molecular flexibility index (Phi) is 4.43. The van der Waals surface area contributed by atoms with Crippen LogP contribution >= 0.6 is 27.5 Å². The van der Waals surface area contributed by atoms with Crippen LogP contribution in [0, 0.1) is 0 Å². The van der Waals surface area contributed by atoms with Crippen LogP contribution in [0.2, 0.25) is 5.02 Å². The summed E-state index contributed by atoms with van der Waals surface area (Å²) in [4.78, 5) is 0.765. The van der Waals surface area contributed by atoms with E-state index < -0.39 is 10.8 Å². The van der Waals surface area contributed by atoms with Crippen LogP contribution in [0.15, 0.2) is 51.8 Å². The lowest BCUT2D eigenvalue weighted by molar-refractivity contribution is 0.682. The number of hydrogen-bond acceptors (Lipinski definition) is 2. The van der Waals surface area contributed by atoms with Crippen molar-refractivity contribution in [2.24, 2.45) is 0 Å². The lowest BCUT2D eigenvalue weighted by atomic mass is 10.2. The Balaban J connectivity index is 2.16. The van der Waals surface area contributed by atoms with Crippen LogP contribution in [0.1, 0.15) is 5.56 Å². The SMILES string of the molecule is Nc1cc(CS(=O)c2ccc(Cl)cc2)ccc1Br. The average molecular weight is 345 g/mol. The molecule has 18 heavy (non-hydrogen) atoms. The second-order valence-electron chi connectivity index (χ2n) is 3.80. The molecule has 0 aliphatic heterocycles. The van der Waals surface area contributed by atoms with E-state index in [2.05, 4.69) is 15.9 Å². The van der Waals surface area contributed by atoms with Gasteiger partial charge in [0.05, 0.1) is 16.6 Å². The van der Waals surface area contributed by atoms with Crippen LogP contribution < -0.4 is 5.73 Å². The summed E-state index contributed by atoms with van der Waals surface area (Å²) in [5.41, 5.74) is 7.39. The molecule has 2 N–H and O–H groups in total. The Morgan fingerprint density at radius 2 is 1.83 bits per heavy atom. The highest BCUT2D eigenvalue weighted by atomic mass is 79.9. The molecule has 0 amide bonds. The molecule has 0 saturated carbocycles. The summed E-state index contributed by atoms with van der Waals surface area (Å²) in [7, 11) is -1.09. The van der Waals surface area contributed by atoms with Gasteiger partial charge in [0.25, 0.3) is 0 Å². The first-order chi connectivity index (χ1) is 8.56. The molecule has 2 rings (SSSR count). The van der Waals surface area contributed by atoms with Crippen molar-refractivity contribution in [3.05, 3.63) is 57.5 Å². The second kappa shape index (κ2) is 5.87. The summed E-state index contributed by atoms with van der Waals surface area (Å²) in [5, 5.41) is 0.642. The minimum atomic E-state index is -1.09. The summed E-state index contributed by atoms with van der Waals surface area (Å²) in [6, 6.07) is 12.6. The van der Waals surface area contributed by atoms with Gasteiger partial charge in [-0.1, -0.05) is 17.7 Å². The minimum absolute atomic E-state index is 0.444. The maximum absolute atomic E-state index is 12.1. The van der Waals surface area contributed by atoms with E-state index in [-0.39, 0.29) is 0 Å². The first-order valence-electron chi connectivity index (χ1n) is 5.24. The van der Waals surface area contributed by atoms with Crippen LogP contribution in [0.5, 0.6) is 0 Å². The largest absolute Gasteiger partial charge is 0.398 e. The third-order valence-electron chi connectivity index (χ3n) is 2.43. The van der Waals surface area contributed by atoms with Gasteiger partial charge in [0.1, 0.15) is 0 Å². The highest BCUT2D eigenvalue weighted by molar-refractivity contribution is 9.10. The van der Waals surface area contributed by atoms with Crippen molar-refractivity contribution in [1.29, 1.82) is 0 Å². The van der Waals surface area contributed by atoms with Gasteiger partial charge < -0.3 is 5.73 Å². The molecule has 0 saturated heterocycles. The van der Waals surface area contributed by atoms with Gasteiger partial charge in [0, 0.05) is 20.1 Å². The van der Waals surface area contributed by atoms with Crippen LogP contribution in [0.4, 0.5) is 5.69 Å². The monoisotopic (exact) mass is 343 g/mol. The molecule has 0 radical (unpaired) electrons. The van der Waals surface area contributed by atoms with Gasteiger partial charge in [0.2, 0.25) is 0 Å².